The lowest BCUT2D eigenvalue weighted by Crippen LogP contribution is -2.57. The van der Waals surface area contributed by atoms with Crippen LogP contribution in [0, 0.1) is 11.8 Å². The van der Waals surface area contributed by atoms with Gasteiger partial charge in [-0.15, -0.1) is 0 Å². The van der Waals surface area contributed by atoms with Crippen molar-refractivity contribution in [3.05, 3.63) is 0 Å². The zero-order chi connectivity index (χ0) is 14.0. The highest BCUT2D eigenvalue weighted by Crippen LogP contribution is 2.40. The van der Waals surface area contributed by atoms with Crippen molar-refractivity contribution in [2.45, 2.75) is 38.3 Å². The van der Waals surface area contributed by atoms with Gasteiger partial charge in [0, 0.05) is 6.04 Å². The number of likely N-dealkylation sites (N-methyl/N-ethyl adjacent to an activating group) is 1. The van der Waals surface area contributed by atoms with Gasteiger partial charge in [0.15, 0.2) is 0 Å². The summed E-state index contributed by atoms with van der Waals surface area (Å²) in [6.45, 7) is 5.18. The third-order valence-electron chi connectivity index (χ3n) is 4.10. The first-order valence-corrected chi connectivity index (χ1v) is 6.85. The fraction of sp³-hybridized carbons (Fsp3) is 0.846. The lowest BCUT2D eigenvalue weighted by Gasteiger charge is -2.28. The predicted molar refractivity (Wildman–Crippen MR) is 68.7 cm³/mol. The van der Waals surface area contributed by atoms with Gasteiger partial charge in [0.25, 0.3) is 0 Å². The van der Waals surface area contributed by atoms with Gasteiger partial charge in [0.05, 0.1) is 19.1 Å². The molecule has 0 aromatic heterocycles. The zero-order valence-electron chi connectivity index (χ0n) is 11.4. The maximum atomic E-state index is 12.3. The second-order valence-corrected chi connectivity index (χ2v) is 5.58. The quantitative estimate of drug-likeness (QED) is 0.631. The highest BCUT2D eigenvalue weighted by atomic mass is 16.5. The van der Waals surface area contributed by atoms with Gasteiger partial charge in [-0.25, -0.2) is 4.79 Å². The first-order chi connectivity index (χ1) is 8.99. The van der Waals surface area contributed by atoms with E-state index < -0.39 is 11.5 Å². The number of amides is 1. The van der Waals surface area contributed by atoms with Crippen LogP contribution in [-0.2, 0) is 14.3 Å². The standard InChI is InChI=1S/C13H22N2O4/c1-3-14-10-7-19-6-9(10)11(16)15-13(2,12(17)18)8-4-5-8/h8-10,14H,3-7H2,1-2H3,(H,15,16)(H,17,18). The van der Waals surface area contributed by atoms with Crippen LogP contribution in [0.2, 0.25) is 0 Å². The van der Waals surface area contributed by atoms with Crippen molar-refractivity contribution in [1.82, 2.24) is 10.6 Å². The van der Waals surface area contributed by atoms with Crippen LogP contribution in [0.15, 0.2) is 0 Å². The van der Waals surface area contributed by atoms with E-state index in [1.807, 2.05) is 6.92 Å². The summed E-state index contributed by atoms with van der Waals surface area (Å²) in [6.07, 6.45) is 1.72. The van der Waals surface area contributed by atoms with E-state index >= 15 is 0 Å². The second kappa shape index (κ2) is 5.46. The van der Waals surface area contributed by atoms with Crippen molar-refractivity contribution in [3.8, 4) is 0 Å². The van der Waals surface area contributed by atoms with Gasteiger partial charge in [-0.3, -0.25) is 4.79 Å². The number of carboxylic acid groups (broad SMARTS) is 1. The summed E-state index contributed by atoms with van der Waals surface area (Å²) in [4.78, 5) is 23.7. The van der Waals surface area contributed by atoms with Crippen molar-refractivity contribution >= 4 is 11.9 Å². The number of carbonyl (C=O) groups is 2. The Hall–Kier alpha value is -1.14. The molecule has 2 rings (SSSR count). The molecule has 1 saturated heterocycles. The highest BCUT2D eigenvalue weighted by Gasteiger charge is 2.50. The molecule has 0 spiro atoms. The highest BCUT2D eigenvalue weighted by molar-refractivity contribution is 5.88. The number of hydrogen-bond donors (Lipinski definition) is 3. The van der Waals surface area contributed by atoms with Crippen molar-refractivity contribution < 1.29 is 19.4 Å². The molecule has 1 saturated carbocycles. The summed E-state index contributed by atoms with van der Waals surface area (Å²) in [5, 5.41) is 15.3. The molecule has 1 amide bonds. The molecule has 1 aliphatic heterocycles. The smallest absolute Gasteiger partial charge is 0.329 e. The summed E-state index contributed by atoms with van der Waals surface area (Å²) in [5.41, 5.74) is -1.14. The molecule has 2 fully saturated rings. The van der Waals surface area contributed by atoms with E-state index in [1.165, 1.54) is 0 Å². The predicted octanol–water partition coefficient (Wildman–Crippen LogP) is -0.0196. The fourth-order valence-electron chi connectivity index (χ4n) is 2.62. The van der Waals surface area contributed by atoms with Gasteiger partial charge in [-0.2, -0.15) is 0 Å². The Morgan fingerprint density at radius 1 is 1.37 bits per heavy atom. The summed E-state index contributed by atoms with van der Waals surface area (Å²) < 4.78 is 5.32. The Labute approximate surface area is 112 Å². The normalized spacial score (nSPS) is 29.8. The molecule has 3 N–H and O–H groups in total. The number of rotatable bonds is 6. The molecule has 1 heterocycles. The number of hydrogen-bond acceptors (Lipinski definition) is 4. The van der Waals surface area contributed by atoms with E-state index in [4.69, 9.17) is 4.74 Å². The van der Waals surface area contributed by atoms with Crippen LogP contribution >= 0.6 is 0 Å². The Morgan fingerprint density at radius 2 is 2.05 bits per heavy atom. The molecule has 3 unspecified atom stereocenters. The molecule has 2 aliphatic rings. The van der Waals surface area contributed by atoms with Crippen LogP contribution in [0.4, 0.5) is 0 Å². The Morgan fingerprint density at radius 3 is 2.58 bits per heavy atom. The molecule has 6 heteroatoms. The van der Waals surface area contributed by atoms with Crippen LogP contribution in [0.3, 0.4) is 0 Å². The molecule has 0 bridgehead atoms. The average Bonchev–Trinajstić information content (AvgIpc) is 3.10. The molecule has 3 atom stereocenters. The van der Waals surface area contributed by atoms with E-state index in [0.29, 0.717) is 13.2 Å². The van der Waals surface area contributed by atoms with Crippen LogP contribution < -0.4 is 10.6 Å². The van der Waals surface area contributed by atoms with E-state index in [9.17, 15) is 14.7 Å². The summed E-state index contributed by atoms with van der Waals surface area (Å²) in [5.74, 6) is -1.44. The molecule has 108 valence electrons. The molecular formula is C13H22N2O4. The Balaban J connectivity index is 2.01. The first-order valence-electron chi connectivity index (χ1n) is 6.85. The van der Waals surface area contributed by atoms with Crippen molar-refractivity contribution in [2.75, 3.05) is 19.8 Å². The molecule has 0 aromatic carbocycles. The molecule has 0 radical (unpaired) electrons. The molecule has 19 heavy (non-hydrogen) atoms. The van der Waals surface area contributed by atoms with Gasteiger partial charge in [-0.1, -0.05) is 6.92 Å². The minimum Gasteiger partial charge on any atom is -0.480 e. The SMILES string of the molecule is CCNC1COCC1C(=O)NC(C)(C(=O)O)C1CC1. The fourth-order valence-corrected chi connectivity index (χ4v) is 2.62. The number of aliphatic carboxylic acids is 1. The third kappa shape index (κ3) is 2.90. The minimum atomic E-state index is -1.14. The average molecular weight is 270 g/mol. The van der Waals surface area contributed by atoms with Gasteiger partial charge in [-0.05, 0) is 32.2 Å². The lowest BCUT2D eigenvalue weighted by atomic mass is 9.93. The number of carbonyl (C=O) groups excluding carboxylic acids is 1. The van der Waals surface area contributed by atoms with Crippen LogP contribution in [0.1, 0.15) is 26.7 Å². The van der Waals surface area contributed by atoms with Gasteiger partial charge < -0.3 is 20.5 Å². The largest absolute Gasteiger partial charge is 0.480 e. The Bertz CT molecular complexity index is 370. The van der Waals surface area contributed by atoms with Crippen LogP contribution in [-0.4, -0.2) is 48.3 Å². The van der Waals surface area contributed by atoms with Gasteiger partial charge in [0.2, 0.25) is 5.91 Å². The van der Waals surface area contributed by atoms with E-state index in [2.05, 4.69) is 10.6 Å². The topological polar surface area (TPSA) is 87.7 Å². The summed E-state index contributed by atoms with van der Waals surface area (Å²) in [7, 11) is 0. The number of ether oxygens (including phenoxy) is 1. The molecule has 1 aliphatic carbocycles. The summed E-state index contributed by atoms with van der Waals surface area (Å²) in [6, 6.07) is -0.0257. The summed E-state index contributed by atoms with van der Waals surface area (Å²) >= 11 is 0. The van der Waals surface area contributed by atoms with Crippen molar-refractivity contribution in [2.24, 2.45) is 11.8 Å². The van der Waals surface area contributed by atoms with Crippen molar-refractivity contribution in [1.29, 1.82) is 0 Å². The molecule has 0 aromatic rings. The monoisotopic (exact) mass is 270 g/mol. The maximum Gasteiger partial charge on any atom is 0.329 e. The number of carboxylic acids is 1. The number of nitrogens with one attached hydrogen (secondary N) is 2. The first kappa shape index (κ1) is 14.3. The zero-order valence-corrected chi connectivity index (χ0v) is 11.4. The van der Waals surface area contributed by atoms with E-state index in [-0.39, 0.29) is 23.8 Å². The maximum absolute atomic E-state index is 12.3. The second-order valence-electron chi connectivity index (χ2n) is 5.58. The lowest BCUT2D eigenvalue weighted by molar-refractivity contribution is -0.148. The molecule has 6 nitrogen and oxygen atoms in total. The van der Waals surface area contributed by atoms with Crippen molar-refractivity contribution in [3.63, 3.8) is 0 Å². The van der Waals surface area contributed by atoms with E-state index in [1.54, 1.807) is 6.92 Å². The van der Waals surface area contributed by atoms with Crippen LogP contribution in [0.25, 0.3) is 0 Å². The van der Waals surface area contributed by atoms with E-state index in [0.717, 1.165) is 19.4 Å². The van der Waals surface area contributed by atoms with Gasteiger partial charge >= 0.3 is 5.97 Å². The van der Waals surface area contributed by atoms with Crippen LogP contribution in [0.5, 0.6) is 0 Å². The molecular weight excluding hydrogens is 248 g/mol. The van der Waals surface area contributed by atoms with Gasteiger partial charge in [0.1, 0.15) is 5.54 Å². The minimum absolute atomic E-state index is 0.0257. The Kier molecular flexibility index (Phi) is 4.10. The third-order valence-corrected chi connectivity index (χ3v) is 4.10.